The third-order valence-corrected chi connectivity index (χ3v) is 16.9. The molecule has 0 unspecified atom stereocenters. The average Bonchev–Trinajstić information content (AvgIpc) is 3.79. The van der Waals surface area contributed by atoms with Crippen molar-refractivity contribution < 1.29 is 28.2 Å². The molecule has 0 radical (unpaired) electrons. The van der Waals surface area contributed by atoms with Crippen LogP contribution in [0, 0.1) is 5.92 Å². The Kier molecular flexibility index (Phi) is 9.74. The Morgan fingerprint density at radius 1 is 0.820 bits per heavy atom. The largest absolute Gasteiger partial charge is 0.497 e. The molecule has 0 aliphatic carbocycles. The van der Waals surface area contributed by atoms with Gasteiger partial charge in [-0.2, -0.15) is 0 Å². The number of rotatable bonds is 9. The lowest BCUT2D eigenvalue weighted by Gasteiger charge is -2.44. The first kappa shape index (κ1) is 34.6. The van der Waals surface area contributed by atoms with Crippen molar-refractivity contribution in [3.8, 4) is 11.5 Å². The van der Waals surface area contributed by atoms with Gasteiger partial charge in [0.25, 0.3) is 8.32 Å². The zero-order valence-corrected chi connectivity index (χ0v) is 31.2. The standard InChI is InChI=1S/C42H46O6SSi/c1-41(2,3)50(32-17-11-7-12-18-32,33-19-13-8-14-20-33)48-37-28-38-42(4,49-31-15-9-6-10-16-31)40(43)39-34(25-26-45-39)35(27-36(37)47-38)46-30-23-21-29(44-5)22-24-30/h6-24,27,34-35,37-39H,25-26,28H2,1-5H3/b36-27-/t34-,35-,37-,38-,39+,42-/m1/s1. The number of thioether (sulfide) groups is 1. The third-order valence-electron chi connectivity index (χ3n) is 10.4. The van der Waals surface area contributed by atoms with Gasteiger partial charge in [-0.25, -0.2) is 0 Å². The number of ether oxygens (including phenoxy) is 4. The quantitative estimate of drug-likeness (QED) is 0.166. The highest BCUT2D eigenvalue weighted by atomic mass is 32.2. The van der Waals surface area contributed by atoms with E-state index in [0.29, 0.717) is 25.2 Å². The summed E-state index contributed by atoms with van der Waals surface area (Å²) in [5, 5.41) is 2.15. The molecule has 2 fully saturated rings. The molecule has 2 saturated heterocycles. The molecule has 3 aliphatic heterocycles. The highest BCUT2D eigenvalue weighted by Crippen LogP contribution is 2.49. The third kappa shape index (κ3) is 6.43. The van der Waals surface area contributed by atoms with Gasteiger partial charge in [0.2, 0.25) is 0 Å². The van der Waals surface area contributed by atoms with Crippen LogP contribution in [0.2, 0.25) is 5.04 Å². The molecule has 0 aromatic heterocycles. The van der Waals surface area contributed by atoms with Crippen LogP contribution in [-0.2, 0) is 18.7 Å². The Morgan fingerprint density at radius 3 is 1.98 bits per heavy atom. The predicted molar refractivity (Wildman–Crippen MR) is 201 cm³/mol. The molecule has 4 aromatic carbocycles. The molecule has 6 atom stereocenters. The molecule has 4 aromatic rings. The molecule has 7 rings (SSSR count). The number of hydrogen-bond donors (Lipinski definition) is 0. The van der Waals surface area contributed by atoms with Crippen LogP contribution >= 0.6 is 11.8 Å². The van der Waals surface area contributed by atoms with Crippen LogP contribution in [0.25, 0.3) is 0 Å². The SMILES string of the molecule is COc1ccc(O[C@@H]2/C=C3\O[C@H](C[C@H]3O[Si](c3ccccc3)(c3ccccc3)C(C)(C)C)[C@@](C)(Sc3ccccc3)C(=O)[C@H]3OCC[C@@H]32)cc1. The van der Waals surface area contributed by atoms with Gasteiger partial charge in [-0.1, -0.05) is 99.6 Å². The summed E-state index contributed by atoms with van der Waals surface area (Å²) in [4.78, 5) is 16.0. The maximum absolute atomic E-state index is 15.0. The first-order valence-corrected chi connectivity index (χ1v) is 20.2. The second-order valence-corrected chi connectivity index (χ2v) is 20.3. The second kappa shape index (κ2) is 14.1. The summed E-state index contributed by atoms with van der Waals surface area (Å²) in [7, 11) is -1.33. The minimum atomic E-state index is -2.98. The van der Waals surface area contributed by atoms with Crippen LogP contribution in [0.3, 0.4) is 0 Å². The zero-order valence-electron chi connectivity index (χ0n) is 29.4. The fourth-order valence-corrected chi connectivity index (χ4v) is 13.7. The number of fused-ring (bicyclic) bond motifs is 3. The van der Waals surface area contributed by atoms with E-state index in [0.717, 1.165) is 16.4 Å². The minimum Gasteiger partial charge on any atom is -0.497 e. The van der Waals surface area contributed by atoms with Crippen molar-refractivity contribution in [1.29, 1.82) is 0 Å². The van der Waals surface area contributed by atoms with Crippen LogP contribution in [0.5, 0.6) is 11.5 Å². The maximum atomic E-state index is 15.0. The number of benzene rings is 4. The van der Waals surface area contributed by atoms with Crippen molar-refractivity contribution in [2.45, 2.75) is 79.6 Å². The van der Waals surface area contributed by atoms with Gasteiger partial charge in [-0.05, 0) is 71.2 Å². The molecule has 50 heavy (non-hydrogen) atoms. The van der Waals surface area contributed by atoms with E-state index in [9.17, 15) is 4.79 Å². The van der Waals surface area contributed by atoms with E-state index in [1.165, 1.54) is 10.4 Å². The van der Waals surface area contributed by atoms with Gasteiger partial charge >= 0.3 is 0 Å². The summed E-state index contributed by atoms with van der Waals surface area (Å²) < 4.78 is 32.3. The van der Waals surface area contributed by atoms with Crippen molar-refractivity contribution in [3.05, 3.63) is 127 Å². The molecule has 260 valence electrons. The number of Topliss-reactive ketones (excluding diaryl/α,β-unsaturated/α-hetero) is 1. The number of carbonyl (C=O) groups is 1. The van der Waals surface area contributed by atoms with E-state index in [2.05, 4.69) is 99.6 Å². The van der Waals surface area contributed by atoms with E-state index in [4.69, 9.17) is 23.4 Å². The first-order chi connectivity index (χ1) is 24.1. The molecule has 0 amide bonds. The normalized spacial score (nSPS) is 27.6. The fraction of sp³-hybridized carbons (Fsp3) is 0.357. The Bertz CT molecular complexity index is 1750. The monoisotopic (exact) mass is 706 g/mol. The van der Waals surface area contributed by atoms with Crippen LogP contribution in [-0.4, -0.2) is 57.0 Å². The average molecular weight is 707 g/mol. The van der Waals surface area contributed by atoms with Crippen molar-refractivity contribution >= 4 is 36.2 Å². The highest BCUT2D eigenvalue weighted by molar-refractivity contribution is 8.01. The lowest BCUT2D eigenvalue weighted by Crippen LogP contribution is -2.67. The van der Waals surface area contributed by atoms with Crippen LogP contribution in [0.1, 0.15) is 40.5 Å². The Hall–Kier alpha value is -3.82. The van der Waals surface area contributed by atoms with Gasteiger partial charge in [-0.15, -0.1) is 11.8 Å². The molecule has 3 aliphatic rings. The molecule has 6 nitrogen and oxygen atoms in total. The molecular formula is C42H46O6SSi. The van der Waals surface area contributed by atoms with Gasteiger partial charge in [-0.3, -0.25) is 4.79 Å². The van der Waals surface area contributed by atoms with E-state index in [1.807, 2.05) is 49.4 Å². The number of methoxy groups -OCH3 is 1. The molecule has 8 heteroatoms. The second-order valence-electron chi connectivity index (χ2n) is 14.6. The molecule has 2 bridgehead atoms. The first-order valence-electron chi connectivity index (χ1n) is 17.5. The number of ketones is 1. The van der Waals surface area contributed by atoms with Crippen molar-refractivity contribution in [2.24, 2.45) is 5.92 Å². The molecule has 0 N–H and O–H groups in total. The summed E-state index contributed by atoms with van der Waals surface area (Å²) in [6, 6.07) is 39.0. The lowest BCUT2D eigenvalue weighted by molar-refractivity contribution is -0.135. The fourth-order valence-electron chi connectivity index (χ4n) is 7.82. The predicted octanol–water partition coefficient (Wildman–Crippen LogP) is 7.60. The summed E-state index contributed by atoms with van der Waals surface area (Å²) in [5.74, 6) is 1.98. The van der Waals surface area contributed by atoms with E-state index in [-0.39, 0.29) is 16.7 Å². The summed E-state index contributed by atoms with van der Waals surface area (Å²) in [6.07, 6.45) is 1.32. The summed E-state index contributed by atoms with van der Waals surface area (Å²) >= 11 is 1.56. The van der Waals surface area contributed by atoms with Crippen molar-refractivity contribution in [3.63, 3.8) is 0 Å². The van der Waals surface area contributed by atoms with Gasteiger partial charge in [0.1, 0.15) is 46.4 Å². The van der Waals surface area contributed by atoms with E-state index < -0.39 is 37.5 Å². The number of carbonyl (C=O) groups excluding carboxylic acids is 1. The highest BCUT2D eigenvalue weighted by Gasteiger charge is 2.59. The van der Waals surface area contributed by atoms with Crippen molar-refractivity contribution in [2.75, 3.05) is 13.7 Å². The van der Waals surface area contributed by atoms with Crippen LogP contribution in [0.15, 0.2) is 132 Å². The Morgan fingerprint density at radius 2 is 1.40 bits per heavy atom. The molecular weight excluding hydrogens is 661 g/mol. The summed E-state index contributed by atoms with van der Waals surface area (Å²) in [6.45, 7) is 9.38. The summed E-state index contributed by atoms with van der Waals surface area (Å²) in [5.41, 5.74) is 0. The molecule has 3 heterocycles. The van der Waals surface area contributed by atoms with Crippen LogP contribution < -0.4 is 19.8 Å². The van der Waals surface area contributed by atoms with E-state index in [1.54, 1.807) is 18.9 Å². The number of hydrogen-bond acceptors (Lipinski definition) is 7. The zero-order chi connectivity index (χ0) is 34.9. The Labute approximate surface area is 301 Å². The topological polar surface area (TPSA) is 63.2 Å². The van der Waals surface area contributed by atoms with Gasteiger partial charge in [0, 0.05) is 23.8 Å². The van der Waals surface area contributed by atoms with Gasteiger partial charge < -0.3 is 23.4 Å². The smallest absolute Gasteiger partial charge is 0.262 e. The van der Waals surface area contributed by atoms with Crippen LogP contribution in [0.4, 0.5) is 0 Å². The minimum absolute atomic E-state index is 0.0305. The lowest BCUT2D eigenvalue weighted by atomic mass is 9.83. The van der Waals surface area contributed by atoms with E-state index >= 15 is 0 Å². The van der Waals surface area contributed by atoms with Gasteiger partial charge in [0.15, 0.2) is 5.78 Å². The molecule has 0 saturated carbocycles. The Balaban J connectivity index is 1.37. The van der Waals surface area contributed by atoms with Gasteiger partial charge in [0.05, 0.1) is 7.11 Å². The van der Waals surface area contributed by atoms with Crippen molar-refractivity contribution in [1.82, 2.24) is 0 Å². The molecule has 0 spiro atoms. The maximum Gasteiger partial charge on any atom is 0.262 e.